The quantitative estimate of drug-likeness (QED) is 0.744. The third-order valence-electron chi connectivity index (χ3n) is 1.53. The zero-order chi connectivity index (χ0) is 10.6. The number of nitrogens with one attached hydrogen (secondary N) is 1. The molecule has 4 heteroatoms. The number of hydrogen-bond acceptors (Lipinski definition) is 1. The number of halogens is 2. The molecule has 0 fully saturated rings. The molecule has 0 aliphatic carbocycles. The Balaban J connectivity index is 2.82. The van der Waals surface area contributed by atoms with E-state index in [1.165, 1.54) is 12.1 Å². The molecule has 0 bridgehead atoms. The first-order valence-electron chi connectivity index (χ1n) is 3.82. The second kappa shape index (κ2) is 4.64. The van der Waals surface area contributed by atoms with Crippen LogP contribution in [0.4, 0.5) is 4.39 Å². The van der Waals surface area contributed by atoms with Gasteiger partial charge in [-0.25, -0.2) is 4.39 Å². The van der Waals surface area contributed by atoms with Crippen molar-refractivity contribution in [1.82, 2.24) is 5.32 Å². The molecule has 0 spiro atoms. The van der Waals surface area contributed by atoms with Crippen LogP contribution in [0.5, 0.6) is 0 Å². The molecule has 1 N–H and O–H groups in total. The first-order valence-corrected chi connectivity index (χ1v) is 4.19. The Labute approximate surface area is 86.1 Å². The van der Waals surface area contributed by atoms with Crippen molar-refractivity contribution >= 4 is 17.5 Å². The summed E-state index contributed by atoms with van der Waals surface area (Å²) in [6.07, 6.45) is 4.95. The Hall–Kier alpha value is -1.53. The van der Waals surface area contributed by atoms with Crippen LogP contribution in [0.25, 0.3) is 0 Å². The average Bonchev–Trinajstić information content (AvgIpc) is 2.18. The van der Waals surface area contributed by atoms with Crippen LogP contribution in [-0.4, -0.2) is 12.5 Å². The second-order valence-electron chi connectivity index (χ2n) is 2.52. The Kier molecular flexibility index (Phi) is 3.49. The topological polar surface area (TPSA) is 29.1 Å². The van der Waals surface area contributed by atoms with E-state index in [1.807, 2.05) is 0 Å². The van der Waals surface area contributed by atoms with Gasteiger partial charge in [-0.3, -0.25) is 4.79 Å². The third-order valence-corrected chi connectivity index (χ3v) is 1.84. The molecule has 1 amide bonds. The van der Waals surface area contributed by atoms with Crippen molar-refractivity contribution in [2.75, 3.05) is 6.54 Å². The largest absolute Gasteiger partial charge is 0.341 e. The smallest absolute Gasteiger partial charge is 0.252 e. The number of carbonyl (C=O) groups is 1. The van der Waals surface area contributed by atoms with Crippen molar-refractivity contribution in [3.63, 3.8) is 0 Å². The van der Waals surface area contributed by atoms with E-state index in [2.05, 4.69) is 11.2 Å². The van der Waals surface area contributed by atoms with Crippen LogP contribution in [0.2, 0.25) is 5.02 Å². The zero-order valence-electron chi connectivity index (χ0n) is 7.18. The molecule has 1 aromatic rings. The van der Waals surface area contributed by atoms with Crippen LogP contribution in [-0.2, 0) is 0 Å². The van der Waals surface area contributed by atoms with Gasteiger partial charge in [0.25, 0.3) is 5.91 Å². The monoisotopic (exact) mass is 211 g/mol. The Morgan fingerprint density at radius 2 is 2.36 bits per heavy atom. The highest BCUT2D eigenvalue weighted by Crippen LogP contribution is 2.15. The number of benzene rings is 1. The molecule has 0 aliphatic rings. The number of carbonyl (C=O) groups excluding carboxylic acids is 1. The van der Waals surface area contributed by atoms with E-state index in [0.717, 1.165) is 6.07 Å². The van der Waals surface area contributed by atoms with Gasteiger partial charge in [-0.1, -0.05) is 17.5 Å². The molecule has 72 valence electrons. The summed E-state index contributed by atoms with van der Waals surface area (Å²) in [7, 11) is 0. The predicted octanol–water partition coefficient (Wildman–Crippen LogP) is 1.84. The SMILES string of the molecule is C#CCNC(=O)c1ccc(Cl)c(F)c1. The normalized spacial score (nSPS) is 9.21. The molecule has 1 rings (SSSR count). The minimum atomic E-state index is -0.625. The fourth-order valence-electron chi connectivity index (χ4n) is 0.871. The highest BCUT2D eigenvalue weighted by atomic mass is 35.5. The lowest BCUT2D eigenvalue weighted by molar-refractivity contribution is 0.0958. The van der Waals surface area contributed by atoms with Gasteiger partial charge in [0.2, 0.25) is 0 Å². The minimum absolute atomic E-state index is 0.0153. The summed E-state index contributed by atoms with van der Waals surface area (Å²) in [5, 5.41) is 2.40. The molecule has 0 aromatic heterocycles. The Morgan fingerprint density at radius 3 is 2.93 bits per heavy atom. The summed E-state index contributed by atoms with van der Waals surface area (Å²) < 4.78 is 12.9. The number of hydrogen-bond donors (Lipinski definition) is 1. The molecule has 0 unspecified atom stereocenters. The maximum absolute atomic E-state index is 12.9. The molecular weight excluding hydrogens is 205 g/mol. The standard InChI is InChI=1S/C10H7ClFNO/c1-2-5-13-10(14)7-3-4-8(11)9(12)6-7/h1,3-4,6H,5H2,(H,13,14). The molecule has 2 nitrogen and oxygen atoms in total. The average molecular weight is 212 g/mol. The van der Waals surface area contributed by atoms with E-state index in [0.29, 0.717) is 0 Å². The third kappa shape index (κ3) is 2.48. The molecule has 0 aliphatic heterocycles. The lowest BCUT2D eigenvalue weighted by atomic mass is 10.2. The summed E-state index contributed by atoms with van der Waals surface area (Å²) in [5.74, 6) is 1.20. The van der Waals surface area contributed by atoms with Gasteiger partial charge in [0.05, 0.1) is 11.6 Å². The summed E-state index contributed by atoms with van der Waals surface area (Å²) in [5.41, 5.74) is 0.196. The van der Waals surface area contributed by atoms with E-state index in [1.54, 1.807) is 0 Å². The lowest BCUT2D eigenvalue weighted by Crippen LogP contribution is -2.23. The van der Waals surface area contributed by atoms with E-state index < -0.39 is 11.7 Å². The van der Waals surface area contributed by atoms with Crippen molar-refractivity contribution in [3.05, 3.63) is 34.6 Å². The maximum atomic E-state index is 12.9. The van der Waals surface area contributed by atoms with Crippen molar-refractivity contribution in [1.29, 1.82) is 0 Å². The van der Waals surface area contributed by atoms with E-state index in [4.69, 9.17) is 18.0 Å². The van der Waals surface area contributed by atoms with Crippen molar-refractivity contribution in [3.8, 4) is 12.3 Å². The number of rotatable bonds is 2. The van der Waals surface area contributed by atoms with Gasteiger partial charge in [-0.05, 0) is 18.2 Å². The van der Waals surface area contributed by atoms with Crippen LogP contribution >= 0.6 is 11.6 Å². The number of amides is 1. The molecule has 0 heterocycles. The van der Waals surface area contributed by atoms with Crippen LogP contribution in [0.15, 0.2) is 18.2 Å². The molecular formula is C10H7ClFNO. The molecule has 1 aromatic carbocycles. The predicted molar refractivity (Wildman–Crippen MR) is 52.6 cm³/mol. The minimum Gasteiger partial charge on any atom is -0.341 e. The van der Waals surface area contributed by atoms with Crippen LogP contribution in [0.1, 0.15) is 10.4 Å². The highest BCUT2D eigenvalue weighted by Gasteiger charge is 2.07. The lowest BCUT2D eigenvalue weighted by Gasteiger charge is -2.01. The van der Waals surface area contributed by atoms with E-state index in [9.17, 15) is 9.18 Å². The zero-order valence-corrected chi connectivity index (χ0v) is 7.94. The fraction of sp³-hybridized carbons (Fsp3) is 0.100. The summed E-state index contributed by atoms with van der Waals surface area (Å²) in [4.78, 5) is 11.3. The molecule has 0 radical (unpaired) electrons. The molecule has 14 heavy (non-hydrogen) atoms. The fourth-order valence-corrected chi connectivity index (χ4v) is 0.988. The van der Waals surface area contributed by atoms with Gasteiger partial charge >= 0.3 is 0 Å². The van der Waals surface area contributed by atoms with Gasteiger partial charge < -0.3 is 5.32 Å². The van der Waals surface area contributed by atoms with Crippen molar-refractivity contribution in [2.45, 2.75) is 0 Å². The molecule has 0 saturated heterocycles. The first kappa shape index (κ1) is 10.6. The van der Waals surface area contributed by atoms with Crippen molar-refractivity contribution < 1.29 is 9.18 Å². The van der Waals surface area contributed by atoms with Gasteiger partial charge in [-0.2, -0.15) is 0 Å². The van der Waals surface area contributed by atoms with Gasteiger partial charge in [0.1, 0.15) is 5.82 Å². The van der Waals surface area contributed by atoms with Crippen LogP contribution in [0, 0.1) is 18.2 Å². The van der Waals surface area contributed by atoms with Gasteiger partial charge in [-0.15, -0.1) is 6.42 Å². The summed E-state index contributed by atoms with van der Waals surface area (Å²) >= 11 is 5.45. The van der Waals surface area contributed by atoms with Crippen LogP contribution in [0.3, 0.4) is 0 Å². The molecule has 0 atom stereocenters. The van der Waals surface area contributed by atoms with Gasteiger partial charge in [0.15, 0.2) is 0 Å². The maximum Gasteiger partial charge on any atom is 0.252 e. The van der Waals surface area contributed by atoms with E-state index in [-0.39, 0.29) is 17.1 Å². The van der Waals surface area contributed by atoms with E-state index >= 15 is 0 Å². The highest BCUT2D eigenvalue weighted by molar-refractivity contribution is 6.30. The molecule has 0 saturated carbocycles. The summed E-state index contributed by atoms with van der Waals surface area (Å²) in [6.45, 7) is 0.114. The summed E-state index contributed by atoms with van der Waals surface area (Å²) in [6, 6.07) is 3.81. The van der Waals surface area contributed by atoms with Crippen molar-refractivity contribution in [2.24, 2.45) is 0 Å². The first-order chi connectivity index (χ1) is 6.65. The van der Waals surface area contributed by atoms with Gasteiger partial charge in [0, 0.05) is 5.56 Å². The number of terminal acetylenes is 1. The Bertz CT molecular complexity index is 398. The Morgan fingerprint density at radius 1 is 1.64 bits per heavy atom. The second-order valence-corrected chi connectivity index (χ2v) is 2.92. The van der Waals surface area contributed by atoms with Crippen LogP contribution < -0.4 is 5.32 Å².